The second kappa shape index (κ2) is 6.93. The van der Waals surface area contributed by atoms with Gasteiger partial charge in [-0.05, 0) is 63.2 Å². The minimum atomic E-state index is -0.915. The molecule has 2 N–H and O–H groups in total. The number of hydrogen-bond donors (Lipinski definition) is 2. The van der Waals surface area contributed by atoms with E-state index in [1.54, 1.807) is 0 Å². The lowest BCUT2D eigenvalue weighted by atomic mass is 10.0. The third-order valence-corrected chi connectivity index (χ3v) is 6.18. The van der Waals surface area contributed by atoms with Gasteiger partial charge in [0.25, 0.3) is 0 Å². The molecule has 156 valence electrons. The smallest absolute Gasteiger partial charge is 0.446 e. The van der Waals surface area contributed by atoms with Gasteiger partial charge in [0.1, 0.15) is 5.82 Å². The maximum atomic E-state index is 13.6. The molecule has 3 unspecified atom stereocenters. The molecule has 1 saturated heterocycles. The fourth-order valence-electron chi connectivity index (χ4n) is 4.22. The van der Waals surface area contributed by atoms with Crippen molar-refractivity contribution in [3.05, 3.63) is 39.0 Å². The van der Waals surface area contributed by atoms with Gasteiger partial charge in [-0.25, -0.2) is 23.2 Å². The number of hydrogen-bond acceptors (Lipinski definition) is 8. The van der Waals surface area contributed by atoms with Crippen molar-refractivity contribution in [1.82, 2.24) is 24.9 Å². The van der Waals surface area contributed by atoms with E-state index in [9.17, 15) is 19.1 Å². The molecule has 2 bridgehead atoms. The molecule has 1 aliphatic carbocycles. The Morgan fingerprint density at radius 2 is 2.13 bits per heavy atom. The number of anilines is 1. The van der Waals surface area contributed by atoms with Crippen LogP contribution in [0.5, 0.6) is 0 Å². The Balaban J connectivity index is 1.45. The van der Waals surface area contributed by atoms with Crippen LogP contribution in [-0.4, -0.2) is 54.8 Å². The molecule has 3 atom stereocenters. The highest BCUT2D eigenvalue weighted by molar-refractivity contribution is 9.10. The van der Waals surface area contributed by atoms with E-state index >= 15 is 0 Å². The number of halogens is 2. The average Bonchev–Trinajstić information content (AvgIpc) is 3.47. The number of fused-ring (bicyclic) bond motifs is 2. The fraction of sp³-hybridized carbons (Fsp3) is 0.353. The third kappa shape index (κ3) is 2.96. The summed E-state index contributed by atoms with van der Waals surface area (Å²) in [7, 11) is 0. The molecule has 3 aromatic rings. The van der Waals surface area contributed by atoms with Gasteiger partial charge in [0, 0.05) is 18.6 Å². The summed E-state index contributed by atoms with van der Waals surface area (Å²) in [5.41, 5.74) is 0.467. The largest absolute Gasteiger partial charge is 0.465 e. The molecule has 2 aromatic heterocycles. The highest BCUT2D eigenvalue weighted by Gasteiger charge is 2.47. The molecular formula is C17H14BrFN6O5. The van der Waals surface area contributed by atoms with E-state index in [-0.39, 0.29) is 39.8 Å². The van der Waals surface area contributed by atoms with Crippen LogP contribution in [0.15, 0.2) is 36.6 Å². The quantitative estimate of drug-likeness (QED) is 0.575. The van der Waals surface area contributed by atoms with Gasteiger partial charge in [-0.1, -0.05) is 5.16 Å². The Morgan fingerprint density at radius 3 is 2.83 bits per heavy atom. The molecule has 1 aromatic carbocycles. The molecule has 30 heavy (non-hydrogen) atoms. The van der Waals surface area contributed by atoms with Crippen molar-refractivity contribution in [2.24, 2.45) is 5.92 Å². The normalized spacial score (nSPS) is 22.6. The number of likely N-dealkylation sites (tertiary alicyclic amines) is 1. The molecule has 3 heterocycles. The number of aromatic nitrogens is 4. The predicted molar refractivity (Wildman–Crippen MR) is 102 cm³/mol. The first-order chi connectivity index (χ1) is 14.4. The number of nitrogens with one attached hydrogen (secondary N) is 1. The molecule has 2 aliphatic rings. The summed E-state index contributed by atoms with van der Waals surface area (Å²) >= 11 is 3.09. The van der Waals surface area contributed by atoms with Crippen LogP contribution in [0.1, 0.15) is 12.8 Å². The molecule has 11 nitrogen and oxygen atoms in total. The molecule has 1 saturated carbocycles. The fourth-order valence-corrected chi connectivity index (χ4v) is 4.59. The lowest BCUT2D eigenvalue weighted by Gasteiger charge is -2.29. The second-order valence-corrected chi connectivity index (χ2v) is 8.09. The summed E-state index contributed by atoms with van der Waals surface area (Å²) < 4.78 is 24.5. The van der Waals surface area contributed by atoms with Gasteiger partial charge in [-0.15, -0.1) is 0 Å². The van der Waals surface area contributed by atoms with E-state index in [1.165, 1.54) is 23.1 Å². The van der Waals surface area contributed by atoms with Crippen LogP contribution in [0.4, 0.5) is 15.0 Å². The summed E-state index contributed by atoms with van der Waals surface area (Å²) in [5.74, 6) is -0.838. The molecule has 1 amide bonds. The topological polar surface area (TPSA) is 140 Å². The van der Waals surface area contributed by atoms with Crippen molar-refractivity contribution in [3.63, 3.8) is 0 Å². The van der Waals surface area contributed by atoms with Crippen LogP contribution in [0.3, 0.4) is 0 Å². The van der Waals surface area contributed by atoms with Gasteiger partial charge in [0.2, 0.25) is 11.6 Å². The lowest BCUT2D eigenvalue weighted by Crippen LogP contribution is -2.43. The summed E-state index contributed by atoms with van der Waals surface area (Å²) in [5, 5.41) is 24.0. The first-order valence-corrected chi connectivity index (χ1v) is 9.85. The summed E-state index contributed by atoms with van der Waals surface area (Å²) in [4.78, 5) is 25.0. The Labute approximate surface area is 175 Å². The standard InChI is InChI=1S/C17H14BrFN6O5/c18-10-4-8(1-2-11(10)19)25-15(23-29-17(25)28)13-14(22-30-21-13)20-12-5-9-3-7(12)6-24(9)16(26)27/h1-2,4,7,9,12H,3,5-6H2,(H,20,22)(H,26,27). The highest BCUT2D eigenvalue weighted by Crippen LogP contribution is 2.40. The van der Waals surface area contributed by atoms with Crippen LogP contribution < -0.4 is 11.1 Å². The van der Waals surface area contributed by atoms with E-state index in [2.05, 4.69) is 36.7 Å². The predicted octanol–water partition coefficient (Wildman–Crippen LogP) is 2.33. The van der Waals surface area contributed by atoms with E-state index in [0.717, 1.165) is 11.0 Å². The maximum absolute atomic E-state index is 13.6. The number of nitrogens with zero attached hydrogens (tertiary/aromatic N) is 5. The van der Waals surface area contributed by atoms with Gasteiger partial charge in [-0.3, -0.25) is 4.52 Å². The molecule has 0 radical (unpaired) electrons. The van der Waals surface area contributed by atoms with Gasteiger partial charge in [0.15, 0.2) is 5.69 Å². The van der Waals surface area contributed by atoms with Gasteiger partial charge in [0.05, 0.1) is 10.2 Å². The van der Waals surface area contributed by atoms with Gasteiger partial charge >= 0.3 is 11.8 Å². The molecule has 5 rings (SSSR count). The van der Waals surface area contributed by atoms with Crippen molar-refractivity contribution in [1.29, 1.82) is 0 Å². The molecule has 1 aliphatic heterocycles. The monoisotopic (exact) mass is 480 g/mol. The van der Waals surface area contributed by atoms with E-state index < -0.39 is 17.7 Å². The van der Waals surface area contributed by atoms with Crippen molar-refractivity contribution in [3.8, 4) is 17.2 Å². The van der Waals surface area contributed by atoms with Crippen LogP contribution in [0, 0.1) is 11.7 Å². The van der Waals surface area contributed by atoms with Crippen molar-refractivity contribution in [2.75, 3.05) is 11.9 Å². The number of carboxylic acid groups (broad SMARTS) is 1. The van der Waals surface area contributed by atoms with E-state index in [1.807, 2.05) is 0 Å². The summed E-state index contributed by atoms with van der Waals surface area (Å²) in [6, 6.07) is 3.94. The number of piperidine rings is 1. The minimum Gasteiger partial charge on any atom is -0.465 e. The number of amides is 1. The number of carbonyl (C=O) groups is 1. The lowest BCUT2D eigenvalue weighted by molar-refractivity contribution is 0.128. The Morgan fingerprint density at radius 1 is 1.30 bits per heavy atom. The minimum absolute atomic E-state index is 0.0247. The molecule has 0 spiro atoms. The second-order valence-electron chi connectivity index (χ2n) is 7.24. The average molecular weight is 481 g/mol. The third-order valence-electron chi connectivity index (χ3n) is 5.58. The van der Waals surface area contributed by atoms with Gasteiger partial charge in [-0.2, -0.15) is 0 Å². The first kappa shape index (κ1) is 18.8. The van der Waals surface area contributed by atoms with Gasteiger partial charge < -0.3 is 15.3 Å². The number of rotatable bonds is 4. The zero-order valence-corrected chi connectivity index (χ0v) is 16.7. The Bertz CT molecular complexity index is 1190. The van der Waals surface area contributed by atoms with Crippen LogP contribution in [-0.2, 0) is 0 Å². The van der Waals surface area contributed by atoms with Crippen LogP contribution in [0.2, 0.25) is 0 Å². The molecular weight excluding hydrogens is 467 g/mol. The molecule has 13 heteroatoms. The summed E-state index contributed by atoms with van der Waals surface area (Å²) in [6.07, 6.45) is 0.477. The highest BCUT2D eigenvalue weighted by atomic mass is 79.9. The van der Waals surface area contributed by atoms with E-state index in [4.69, 9.17) is 9.15 Å². The van der Waals surface area contributed by atoms with Crippen LogP contribution in [0.25, 0.3) is 17.2 Å². The van der Waals surface area contributed by atoms with Crippen LogP contribution >= 0.6 is 15.9 Å². The van der Waals surface area contributed by atoms with E-state index in [0.29, 0.717) is 18.7 Å². The van der Waals surface area contributed by atoms with Crippen molar-refractivity contribution >= 4 is 27.8 Å². The zero-order valence-electron chi connectivity index (χ0n) is 15.2. The first-order valence-electron chi connectivity index (χ1n) is 9.05. The van der Waals surface area contributed by atoms with Crippen molar-refractivity contribution < 1.29 is 23.4 Å². The maximum Gasteiger partial charge on any atom is 0.446 e. The van der Waals surface area contributed by atoms with Crippen molar-refractivity contribution in [2.45, 2.75) is 24.9 Å². The zero-order chi connectivity index (χ0) is 21.0. The SMILES string of the molecule is O=C(O)N1CC2CC1CC2Nc1nonc1-c1noc(=O)n1-c1ccc(F)c(Br)c1. The summed E-state index contributed by atoms with van der Waals surface area (Å²) in [6.45, 7) is 0.441. The Kier molecular flexibility index (Phi) is 4.34. The Hall–Kier alpha value is -3.22. The number of benzene rings is 1. The molecule has 2 fully saturated rings.